The molecule has 7 nitrogen and oxygen atoms in total. The van der Waals surface area contributed by atoms with Gasteiger partial charge in [0.2, 0.25) is 11.6 Å². The summed E-state index contributed by atoms with van der Waals surface area (Å²) >= 11 is 12.0. The molecule has 4 saturated carbocycles. The molecule has 0 aliphatic heterocycles. The first-order chi connectivity index (χ1) is 13.9. The summed E-state index contributed by atoms with van der Waals surface area (Å²) in [7, 11) is 0. The van der Waals surface area contributed by atoms with Crippen molar-refractivity contribution in [3.8, 4) is 0 Å². The molecule has 4 fully saturated rings. The Labute approximate surface area is 178 Å². The number of nitro groups is 1. The van der Waals surface area contributed by atoms with E-state index in [1.807, 2.05) is 0 Å². The van der Waals surface area contributed by atoms with Crippen molar-refractivity contribution in [2.24, 2.45) is 17.8 Å². The van der Waals surface area contributed by atoms with Crippen LogP contribution in [-0.4, -0.2) is 20.4 Å². The summed E-state index contributed by atoms with van der Waals surface area (Å²) in [4.78, 5) is 19.9. The zero-order valence-electron chi connectivity index (χ0n) is 15.7. The number of benzene rings is 1. The molecular formula is C20H21Cl2N5O2. The van der Waals surface area contributed by atoms with Gasteiger partial charge < -0.3 is 10.6 Å². The van der Waals surface area contributed by atoms with Crippen LogP contribution in [0.5, 0.6) is 0 Å². The number of anilines is 3. The van der Waals surface area contributed by atoms with E-state index in [-0.39, 0.29) is 22.9 Å². The summed E-state index contributed by atoms with van der Waals surface area (Å²) < 4.78 is 0. The van der Waals surface area contributed by atoms with Gasteiger partial charge in [0, 0.05) is 11.2 Å². The molecule has 0 radical (unpaired) electrons. The Balaban J connectivity index is 1.47. The molecule has 9 heteroatoms. The van der Waals surface area contributed by atoms with E-state index in [0.29, 0.717) is 15.7 Å². The third kappa shape index (κ3) is 3.51. The third-order valence-electron chi connectivity index (χ3n) is 6.61. The van der Waals surface area contributed by atoms with Crippen LogP contribution < -0.4 is 10.6 Å². The zero-order chi connectivity index (χ0) is 20.2. The van der Waals surface area contributed by atoms with E-state index < -0.39 is 4.92 Å². The molecule has 4 aliphatic carbocycles. The highest BCUT2D eigenvalue weighted by Gasteiger charge is 2.51. The minimum atomic E-state index is -0.428. The smallest absolute Gasteiger partial charge is 0.353 e. The molecule has 0 spiro atoms. The second-order valence-corrected chi connectivity index (χ2v) is 9.57. The van der Waals surface area contributed by atoms with Crippen LogP contribution in [0, 0.1) is 27.9 Å². The molecule has 2 aromatic rings. The molecule has 0 atom stereocenters. The highest BCUT2D eigenvalue weighted by Crippen LogP contribution is 2.57. The van der Waals surface area contributed by atoms with E-state index in [4.69, 9.17) is 23.2 Å². The van der Waals surface area contributed by atoms with Crippen LogP contribution in [0.15, 0.2) is 24.5 Å². The van der Waals surface area contributed by atoms with Crippen molar-refractivity contribution in [2.45, 2.75) is 44.1 Å². The average molecular weight is 434 g/mol. The molecule has 0 amide bonds. The van der Waals surface area contributed by atoms with Gasteiger partial charge in [-0.3, -0.25) is 10.1 Å². The van der Waals surface area contributed by atoms with Gasteiger partial charge in [-0.15, -0.1) is 0 Å². The van der Waals surface area contributed by atoms with Crippen LogP contribution in [0.3, 0.4) is 0 Å². The summed E-state index contributed by atoms with van der Waals surface area (Å²) in [6.07, 6.45) is 8.46. The SMILES string of the molecule is O=[N+]([O-])c1c(Nc2ccc(Cl)c(Cl)c2)ncnc1NC12CC3CC(CC(C3)C1)C2. The molecule has 6 rings (SSSR count). The summed E-state index contributed by atoms with van der Waals surface area (Å²) in [6.45, 7) is 0. The Bertz CT molecular complexity index is 948. The van der Waals surface area contributed by atoms with E-state index in [2.05, 4.69) is 20.6 Å². The quantitative estimate of drug-likeness (QED) is 0.455. The van der Waals surface area contributed by atoms with Gasteiger partial charge in [0.05, 0.1) is 15.0 Å². The van der Waals surface area contributed by atoms with E-state index >= 15 is 0 Å². The Morgan fingerprint density at radius 2 is 1.62 bits per heavy atom. The first-order valence-corrected chi connectivity index (χ1v) is 10.7. The number of nitrogens with zero attached hydrogens (tertiary/aromatic N) is 3. The minimum absolute atomic E-state index is 0.0886. The maximum absolute atomic E-state index is 11.9. The van der Waals surface area contributed by atoms with Gasteiger partial charge in [-0.2, -0.15) is 0 Å². The largest absolute Gasteiger partial charge is 0.359 e. The Morgan fingerprint density at radius 1 is 1.00 bits per heavy atom. The second-order valence-electron chi connectivity index (χ2n) is 8.75. The van der Waals surface area contributed by atoms with E-state index in [1.54, 1.807) is 18.2 Å². The molecule has 1 aromatic heterocycles. The number of halogens is 2. The van der Waals surface area contributed by atoms with Crippen molar-refractivity contribution in [3.63, 3.8) is 0 Å². The Morgan fingerprint density at radius 3 is 2.21 bits per heavy atom. The summed E-state index contributed by atoms with van der Waals surface area (Å²) in [6, 6.07) is 4.95. The predicted molar refractivity (Wildman–Crippen MR) is 113 cm³/mol. The molecule has 4 bridgehead atoms. The minimum Gasteiger partial charge on any atom is -0.359 e. The maximum atomic E-state index is 11.9. The number of rotatable bonds is 5. The first-order valence-electron chi connectivity index (χ1n) is 9.90. The van der Waals surface area contributed by atoms with Gasteiger partial charge >= 0.3 is 5.69 Å². The van der Waals surface area contributed by atoms with Crippen molar-refractivity contribution in [2.75, 3.05) is 10.6 Å². The van der Waals surface area contributed by atoms with Crippen molar-refractivity contribution >= 4 is 46.2 Å². The fraction of sp³-hybridized carbons (Fsp3) is 0.500. The fourth-order valence-corrected chi connectivity index (χ4v) is 6.26. The lowest BCUT2D eigenvalue weighted by atomic mass is 9.53. The summed E-state index contributed by atoms with van der Waals surface area (Å²) in [5.74, 6) is 2.60. The monoisotopic (exact) mass is 433 g/mol. The Kier molecular flexibility index (Phi) is 4.55. The molecule has 29 heavy (non-hydrogen) atoms. The molecule has 1 aromatic carbocycles. The van der Waals surface area contributed by atoms with Crippen LogP contribution in [-0.2, 0) is 0 Å². The van der Waals surface area contributed by atoms with Gasteiger partial charge in [-0.25, -0.2) is 9.97 Å². The van der Waals surface area contributed by atoms with Crippen LogP contribution in [0.4, 0.5) is 23.0 Å². The van der Waals surface area contributed by atoms with Crippen molar-refractivity contribution in [3.05, 3.63) is 44.7 Å². The van der Waals surface area contributed by atoms with Gasteiger partial charge in [0.15, 0.2) is 0 Å². The molecule has 0 unspecified atom stereocenters. The van der Waals surface area contributed by atoms with Crippen LogP contribution in [0.25, 0.3) is 0 Å². The van der Waals surface area contributed by atoms with Gasteiger partial charge in [0.1, 0.15) is 6.33 Å². The van der Waals surface area contributed by atoms with Crippen LogP contribution >= 0.6 is 23.2 Å². The molecule has 2 N–H and O–H groups in total. The highest BCUT2D eigenvalue weighted by atomic mass is 35.5. The Hall–Kier alpha value is -2.12. The van der Waals surface area contributed by atoms with Crippen molar-refractivity contribution in [1.29, 1.82) is 0 Å². The highest BCUT2D eigenvalue weighted by molar-refractivity contribution is 6.42. The van der Waals surface area contributed by atoms with Crippen molar-refractivity contribution < 1.29 is 4.92 Å². The summed E-state index contributed by atoms with van der Waals surface area (Å²) in [5, 5.41) is 19.2. The van der Waals surface area contributed by atoms with Crippen molar-refractivity contribution in [1.82, 2.24) is 9.97 Å². The van der Waals surface area contributed by atoms with Crippen LogP contribution in [0.2, 0.25) is 10.0 Å². The number of nitrogens with one attached hydrogen (secondary N) is 2. The number of hydrogen-bond acceptors (Lipinski definition) is 6. The standard InChI is InChI=1S/C20H21Cl2N5O2/c21-15-2-1-14(6-16(15)22)25-18-17(27(28)29)19(24-10-23-18)26-20-7-11-3-12(8-20)5-13(4-11)9-20/h1-2,6,10-13H,3-5,7-9H2,(H2,23,24,25,26). The fourth-order valence-electron chi connectivity index (χ4n) is 5.96. The van der Waals surface area contributed by atoms with Gasteiger partial charge in [-0.05, 0) is 74.5 Å². The predicted octanol–water partition coefficient (Wildman–Crippen LogP) is 5.82. The zero-order valence-corrected chi connectivity index (χ0v) is 17.2. The number of aromatic nitrogens is 2. The summed E-state index contributed by atoms with van der Waals surface area (Å²) in [5.41, 5.74) is 0.339. The van der Waals surface area contributed by atoms with E-state index in [9.17, 15) is 10.1 Å². The molecule has 4 aliphatic rings. The molecule has 1 heterocycles. The van der Waals surface area contributed by atoms with E-state index in [0.717, 1.165) is 37.0 Å². The first kappa shape index (κ1) is 18.9. The lowest BCUT2D eigenvalue weighted by Gasteiger charge is -2.57. The van der Waals surface area contributed by atoms with Crippen LogP contribution in [0.1, 0.15) is 38.5 Å². The maximum Gasteiger partial charge on any atom is 0.353 e. The molecule has 152 valence electrons. The second kappa shape index (κ2) is 6.99. The third-order valence-corrected chi connectivity index (χ3v) is 7.35. The van der Waals surface area contributed by atoms with E-state index in [1.165, 1.54) is 25.6 Å². The lowest BCUT2D eigenvalue weighted by molar-refractivity contribution is -0.383. The normalized spacial score (nSPS) is 29.7. The topological polar surface area (TPSA) is 93.0 Å². The molecule has 0 saturated heterocycles. The lowest BCUT2D eigenvalue weighted by Crippen LogP contribution is -2.55. The van der Waals surface area contributed by atoms with Gasteiger partial charge in [-0.1, -0.05) is 23.2 Å². The number of hydrogen-bond donors (Lipinski definition) is 2. The average Bonchev–Trinajstić information content (AvgIpc) is 2.63. The van der Waals surface area contributed by atoms with Gasteiger partial charge in [0.25, 0.3) is 0 Å². The molecular weight excluding hydrogens is 413 g/mol.